The lowest BCUT2D eigenvalue weighted by Crippen LogP contribution is -2.47. The quantitative estimate of drug-likeness (QED) is 0.0431. The van der Waals surface area contributed by atoms with Crippen LogP contribution >= 0.6 is 15.9 Å². The summed E-state index contributed by atoms with van der Waals surface area (Å²) in [6, 6.07) is 23.8. The molecule has 1 fully saturated rings. The molecule has 0 unspecified atom stereocenters. The zero-order chi connectivity index (χ0) is 40.6. The van der Waals surface area contributed by atoms with Crippen molar-refractivity contribution in [1.29, 1.82) is 0 Å². The number of hydrogen-bond acceptors (Lipinski definition) is 9. The number of piperazine rings is 1. The van der Waals surface area contributed by atoms with E-state index < -0.39 is 6.09 Å². The van der Waals surface area contributed by atoms with Gasteiger partial charge < -0.3 is 39.6 Å². The third-order valence-electron chi connectivity index (χ3n) is 10.2. The van der Waals surface area contributed by atoms with Crippen LogP contribution in [0.4, 0.5) is 16.2 Å². The number of ether oxygens (including phenoxy) is 3. The number of aromatic amines is 1. The van der Waals surface area contributed by atoms with Gasteiger partial charge in [0.05, 0.1) is 37.6 Å². The number of hydrazone groups is 1. The van der Waals surface area contributed by atoms with Crippen molar-refractivity contribution in [2.24, 2.45) is 5.10 Å². The Kier molecular flexibility index (Phi) is 13.1. The molecule has 5 aromatic rings. The molecule has 0 saturated carbocycles. The SMILES string of the molecule is CCOCCOCCC(=O)N/N=C(\C)c1ccc(C(=O)Nc2ccc3[nH]c(C(=O)N4C[C@@H](CBr)c5c4cc(OC(=O)N4CCNCC4)c4ccccc54)cc3c2)cc1. The molecule has 0 spiro atoms. The third-order valence-corrected chi connectivity index (χ3v) is 11.0. The number of alkyl halides is 1. The molecule has 1 aromatic heterocycles. The Morgan fingerprint density at radius 1 is 0.897 bits per heavy atom. The first-order chi connectivity index (χ1) is 28.2. The van der Waals surface area contributed by atoms with E-state index in [9.17, 15) is 19.2 Å². The van der Waals surface area contributed by atoms with Gasteiger partial charge in [-0.05, 0) is 66.8 Å². The molecule has 1 atom stereocenters. The minimum absolute atomic E-state index is 0.0193. The van der Waals surface area contributed by atoms with Crippen molar-refractivity contribution < 1.29 is 33.4 Å². The van der Waals surface area contributed by atoms with Crippen molar-refractivity contribution in [2.45, 2.75) is 26.2 Å². The number of carbonyl (C=O) groups is 4. The second-order valence-corrected chi connectivity index (χ2v) is 14.7. The molecule has 302 valence electrons. The van der Waals surface area contributed by atoms with E-state index in [1.54, 1.807) is 53.1 Å². The van der Waals surface area contributed by atoms with Gasteiger partial charge in [0.2, 0.25) is 5.91 Å². The summed E-state index contributed by atoms with van der Waals surface area (Å²) in [5.74, 6) is -0.357. The molecular formula is C43H46BrN7O7. The number of H-pyrrole nitrogens is 1. The second-order valence-electron chi connectivity index (χ2n) is 14.0. The largest absolute Gasteiger partial charge is 0.415 e. The summed E-state index contributed by atoms with van der Waals surface area (Å²) in [5, 5.41) is 13.5. The Balaban J connectivity index is 1.02. The van der Waals surface area contributed by atoms with E-state index in [1.165, 1.54) is 0 Å². The van der Waals surface area contributed by atoms with E-state index in [4.69, 9.17) is 14.2 Å². The minimum atomic E-state index is -0.413. The minimum Gasteiger partial charge on any atom is -0.409 e. The molecule has 0 bridgehead atoms. The van der Waals surface area contributed by atoms with Crippen LogP contribution in [-0.2, 0) is 14.3 Å². The van der Waals surface area contributed by atoms with Crippen molar-refractivity contribution in [2.75, 3.05) is 74.7 Å². The zero-order valence-electron chi connectivity index (χ0n) is 32.4. The number of fused-ring (bicyclic) bond motifs is 4. The van der Waals surface area contributed by atoms with Gasteiger partial charge in [-0.3, -0.25) is 14.4 Å². The molecular weight excluding hydrogens is 806 g/mol. The number of amides is 4. The average Bonchev–Trinajstić information content (AvgIpc) is 3.86. The molecule has 58 heavy (non-hydrogen) atoms. The molecule has 4 aromatic carbocycles. The summed E-state index contributed by atoms with van der Waals surface area (Å²) < 4.78 is 16.6. The number of benzene rings is 4. The highest BCUT2D eigenvalue weighted by Gasteiger charge is 2.36. The third kappa shape index (κ3) is 9.23. The number of carbonyl (C=O) groups excluding carboxylic acids is 4. The number of nitrogens with one attached hydrogen (secondary N) is 4. The van der Waals surface area contributed by atoms with Gasteiger partial charge in [-0.15, -0.1) is 0 Å². The summed E-state index contributed by atoms with van der Waals surface area (Å²) in [6.45, 7) is 8.46. The maximum Gasteiger partial charge on any atom is 0.415 e. The predicted molar refractivity (Wildman–Crippen MR) is 228 cm³/mol. The number of hydrogen-bond donors (Lipinski definition) is 4. The van der Waals surface area contributed by atoms with Gasteiger partial charge in [-0.25, -0.2) is 10.2 Å². The molecule has 4 amide bonds. The normalized spacial score (nSPS) is 15.4. The molecule has 4 N–H and O–H groups in total. The van der Waals surface area contributed by atoms with Gasteiger partial charge >= 0.3 is 6.09 Å². The lowest BCUT2D eigenvalue weighted by molar-refractivity contribution is -0.122. The van der Waals surface area contributed by atoms with Gasteiger partial charge in [0.25, 0.3) is 11.8 Å². The maximum absolute atomic E-state index is 14.3. The van der Waals surface area contributed by atoms with Gasteiger partial charge in [0, 0.05) is 84.2 Å². The summed E-state index contributed by atoms with van der Waals surface area (Å²) >= 11 is 3.68. The van der Waals surface area contributed by atoms with Gasteiger partial charge in [-0.2, -0.15) is 5.10 Å². The molecule has 2 aliphatic heterocycles. The van der Waals surface area contributed by atoms with Crippen LogP contribution in [0.2, 0.25) is 0 Å². The molecule has 0 aliphatic carbocycles. The Morgan fingerprint density at radius 2 is 1.64 bits per heavy atom. The monoisotopic (exact) mass is 851 g/mol. The van der Waals surface area contributed by atoms with E-state index in [-0.39, 0.29) is 36.7 Å². The Hall–Kier alpha value is -5.61. The lowest BCUT2D eigenvalue weighted by Gasteiger charge is -2.27. The highest BCUT2D eigenvalue weighted by atomic mass is 79.9. The average molecular weight is 853 g/mol. The molecule has 0 radical (unpaired) electrons. The fourth-order valence-electron chi connectivity index (χ4n) is 7.15. The van der Waals surface area contributed by atoms with Crippen LogP contribution < -0.4 is 25.7 Å². The van der Waals surface area contributed by atoms with E-state index in [1.807, 2.05) is 49.4 Å². The molecule has 3 heterocycles. The van der Waals surface area contributed by atoms with Crippen LogP contribution in [0.3, 0.4) is 0 Å². The standard InChI is InChI=1S/C43H46BrN7O7/c1-3-56-20-21-57-19-14-39(52)49-48-27(2)28-8-10-29(11-9-28)41(53)46-32-12-13-35-30(22-32)23-36(47-35)42(54)51-26-31(25-44)40-34-7-5-4-6-33(34)38(24-37(40)51)58-43(55)50-17-15-45-16-18-50/h4-13,22-24,31,45,47H,3,14-21,25-26H2,1-2H3,(H,46,53)(H,49,52)/b48-27+/t31-/m1/s1. The smallest absolute Gasteiger partial charge is 0.409 e. The topological polar surface area (TPSA) is 167 Å². The molecule has 7 rings (SSSR count). The second kappa shape index (κ2) is 18.8. The fraction of sp³-hybridized carbons (Fsp3) is 0.326. The number of rotatable bonds is 14. The summed E-state index contributed by atoms with van der Waals surface area (Å²) in [6.07, 6.45) is -0.237. The Labute approximate surface area is 344 Å². The van der Waals surface area contributed by atoms with Gasteiger partial charge in [0.15, 0.2) is 0 Å². The highest BCUT2D eigenvalue weighted by molar-refractivity contribution is 9.09. The number of nitrogens with zero attached hydrogens (tertiary/aromatic N) is 3. The summed E-state index contributed by atoms with van der Waals surface area (Å²) in [4.78, 5) is 59.6. The van der Waals surface area contributed by atoms with Crippen LogP contribution in [0.1, 0.15) is 58.2 Å². The van der Waals surface area contributed by atoms with E-state index in [2.05, 4.69) is 42.1 Å². The van der Waals surface area contributed by atoms with E-state index in [0.717, 1.165) is 32.8 Å². The zero-order valence-corrected chi connectivity index (χ0v) is 34.0. The maximum atomic E-state index is 14.3. The molecule has 15 heteroatoms. The predicted octanol–water partition coefficient (Wildman–Crippen LogP) is 6.40. The molecule has 14 nitrogen and oxygen atoms in total. The molecule has 1 saturated heterocycles. The van der Waals surface area contributed by atoms with Crippen molar-refractivity contribution >= 4 is 78.5 Å². The van der Waals surface area contributed by atoms with Crippen molar-refractivity contribution in [3.63, 3.8) is 0 Å². The van der Waals surface area contributed by atoms with Crippen molar-refractivity contribution in [1.82, 2.24) is 20.6 Å². The Morgan fingerprint density at radius 3 is 2.40 bits per heavy atom. The lowest BCUT2D eigenvalue weighted by atomic mass is 9.95. The Bertz CT molecular complexity index is 2340. The number of aromatic nitrogens is 1. The van der Waals surface area contributed by atoms with E-state index in [0.29, 0.717) is 92.0 Å². The molecule has 2 aliphatic rings. The van der Waals surface area contributed by atoms with Crippen LogP contribution in [0.15, 0.2) is 84.0 Å². The van der Waals surface area contributed by atoms with E-state index >= 15 is 0 Å². The number of anilines is 2. The van der Waals surface area contributed by atoms with Crippen LogP contribution in [0, 0.1) is 0 Å². The van der Waals surface area contributed by atoms with Crippen LogP contribution in [0.5, 0.6) is 5.75 Å². The first kappa shape index (κ1) is 40.6. The fourth-order valence-corrected chi connectivity index (χ4v) is 7.68. The van der Waals surface area contributed by atoms with Crippen LogP contribution in [-0.4, -0.2) is 104 Å². The van der Waals surface area contributed by atoms with Crippen LogP contribution in [0.25, 0.3) is 21.7 Å². The first-order valence-electron chi connectivity index (χ1n) is 19.4. The highest BCUT2D eigenvalue weighted by Crippen LogP contribution is 2.46. The number of halogens is 1. The van der Waals surface area contributed by atoms with Gasteiger partial charge in [0.1, 0.15) is 11.4 Å². The van der Waals surface area contributed by atoms with Crippen molar-refractivity contribution in [3.05, 3.63) is 101 Å². The van der Waals surface area contributed by atoms with Crippen molar-refractivity contribution in [3.8, 4) is 5.75 Å². The summed E-state index contributed by atoms with van der Waals surface area (Å²) in [5.41, 5.74) is 7.74. The van der Waals surface area contributed by atoms with Gasteiger partial charge in [-0.1, -0.05) is 52.3 Å². The first-order valence-corrected chi connectivity index (χ1v) is 20.5. The summed E-state index contributed by atoms with van der Waals surface area (Å²) in [7, 11) is 0.